The molecule has 1 aromatic carbocycles. The molecule has 130 valence electrons. The molecule has 2 aromatic rings. The first-order valence-electron chi connectivity index (χ1n) is 8.13. The first-order valence-corrected chi connectivity index (χ1v) is 8.13. The molecule has 0 fully saturated rings. The molecule has 2 rings (SSSR count). The minimum atomic E-state index is 0.675. The van der Waals surface area contributed by atoms with E-state index in [0.29, 0.717) is 11.5 Å². The second-order valence-corrected chi connectivity index (χ2v) is 5.66. The summed E-state index contributed by atoms with van der Waals surface area (Å²) < 4.78 is 10.6. The summed E-state index contributed by atoms with van der Waals surface area (Å²) in [5.41, 5.74) is 1.80. The Morgan fingerprint density at radius 3 is 2.50 bits per heavy atom. The van der Waals surface area contributed by atoms with Crippen molar-refractivity contribution >= 4 is 17.5 Å². The molecule has 0 radical (unpaired) electrons. The van der Waals surface area contributed by atoms with Crippen LogP contribution in [0, 0.1) is 6.92 Å². The molecule has 1 aromatic heterocycles. The lowest BCUT2D eigenvalue weighted by atomic mass is 10.2. The number of ether oxygens (including phenoxy) is 2. The summed E-state index contributed by atoms with van der Waals surface area (Å²) in [4.78, 5) is 11.2. The lowest BCUT2D eigenvalue weighted by Gasteiger charge is -2.18. The maximum Gasteiger partial charge on any atom is 0.227 e. The summed E-state index contributed by atoms with van der Waals surface area (Å²) in [6.07, 6.45) is 2.26. The maximum absolute atomic E-state index is 5.34. The van der Waals surface area contributed by atoms with E-state index < -0.39 is 0 Å². The van der Waals surface area contributed by atoms with Crippen molar-refractivity contribution in [3.8, 4) is 11.5 Å². The molecule has 6 heteroatoms. The average molecular weight is 330 g/mol. The van der Waals surface area contributed by atoms with Crippen LogP contribution in [0.2, 0.25) is 0 Å². The standard InChI is InChI=1S/C18H26N4O2/c1-6-7-10-22(3)18-19-13(2)11-17(21-18)20-14-8-9-15(23-4)16(12-14)24-5/h8-9,11-12H,6-7,10H2,1-5H3,(H,19,20,21). The van der Waals surface area contributed by atoms with Crippen LogP contribution >= 0.6 is 0 Å². The fraction of sp³-hybridized carbons (Fsp3) is 0.444. The number of anilines is 3. The predicted octanol–water partition coefficient (Wildman–Crippen LogP) is 3.78. The highest BCUT2D eigenvalue weighted by molar-refractivity contribution is 5.62. The zero-order chi connectivity index (χ0) is 17.5. The molecule has 24 heavy (non-hydrogen) atoms. The number of hydrogen-bond acceptors (Lipinski definition) is 6. The number of hydrogen-bond donors (Lipinski definition) is 1. The SMILES string of the molecule is CCCCN(C)c1nc(C)cc(Nc2ccc(OC)c(OC)c2)n1. The van der Waals surface area contributed by atoms with Gasteiger partial charge in [-0.25, -0.2) is 4.98 Å². The number of aromatic nitrogens is 2. The molecule has 1 heterocycles. The van der Waals surface area contributed by atoms with Gasteiger partial charge in [-0.1, -0.05) is 13.3 Å². The summed E-state index contributed by atoms with van der Waals surface area (Å²) in [5.74, 6) is 2.86. The minimum absolute atomic E-state index is 0.675. The lowest BCUT2D eigenvalue weighted by molar-refractivity contribution is 0.355. The molecule has 0 aliphatic rings. The van der Waals surface area contributed by atoms with E-state index in [2.05, 4.69) is 27.1 Å². The van der Waals surface area contributed by atoms with Crippen LogP contribution < -0.4 is 19.7 Å². The molecule has 0 unspecified atom stereocenters. The Bertz CT molecular complexity index is 676. The van der Waals surface area contributed by atoms with Gasteiger partial charge in [0.1, 0.15) is 5.82 Å². The van der Waals surface area contributed by atoms with Gasteiger partial charge in [0.25, 0.3) is 0 Å². The van der Waals surface area contributed by atoms with Crippen LogP contribution in [0.15, 0.2) is 24.3 Å². The Morgan fingerprint density at radius 2 is 1.83 bits per heavy atom. The maximum atomic E-state index is 5.34. The number of methoxy groups -OCH3 is 2. The highest BCUT2D eigenvalue weighted by Crippen LogP contribution is 2.31. The molecule has 0 amide bonds. The van der Waals surface area contributed by atoms with Crippen LogP contribution in [0.3, 0.4) is 0 Å². The van der Waals surface area contributed by atoms with E-state index >= 15 is 0 Å². The summed E-state index contributed by atoms with van der Waals surface area (Å²) in [6, 6.07) is 7.60. The van der Waals surface area contributed by atoms with Gasteiger partial charge in [-0.15, -0.1) is 0 Å². The van der Waals surface area contributed by atoms with Gasteiger partial charge in [-0.05, 0) is 25.5 Å². The largest absolute Gasteiger partial charge is 0.493 e. The van der Waals surface area contributed by atoms with E-state index in [9.17, 15) is 0 Å². The Morgan fingerprint density at radius 1 is 1.08 bits per heavy atom. The summed E-state index contributed by atoms with van der Waals surface area (Å²) >= 11 is 0. The zero-order valence-electron chi connectivity index (χ0n) is 15.1. The van der Waals surface area contributed by atoms with E-state index in [1.807, 2.05) is 38.2 Å². The number of aryl methyl sites for hydroxylation is 1. The first kappa shape index (κ1) is 17.8. The van der Waals surface area contributed by atoms with Crippen molar-refractivity contribution in [2.45, 2.75) is 26.7 Å². The van der Waals surface area contributed by atoms with Crippen molar-refractivity contribution in [2.75, 3.05) is 38.0 Å². The molecule has 0 saturated carbocycles. The summed E-state index contributed by atoms with van der Waals surface area (Å²) in [6.45, 7) is 5.09. The van der Waals surface area contributed by atoms with Crippen molar-refractivity contribution in [3.63, 3.8) is 0 Å². The summed E-state index contributed by atoms with van der Waals surface area (Å²) in [5, 5.41) is 3.31. The Hall–Kier alpha value is -2.50. The molecule has 6 nitrogen and oxygen atoms in total. The fourth-order valence-electron chi connectivity index (χ4n) is 2.34. The lowest BCUT2D eigenvalue weighted by Crippen LogP contribution is -2.21. The Kier molecular flexibility index (Phi) is 6.23. The molecule has 0 aliphatic heterocycles. The third kappa shape index (κ3) is 4.50. The van der Waals surface area contributed by atoms with Gasteiger partial charge in [0.05, 0.1) is 14.2 Å². The zero-order valence-corrected chi connectivity index (χ0v) is 15.1. The third-order valence-electron chi connectivity index (χ3n) is 3.69. The third-order valence-corrected chi connectivity index (χ3v) is 3.69. The van der Waals surface area contributed by atoms with Crippen molar-refractivity contribution in [2.24, 2.45) is 0 Å². The minimum Gasteiger partial charge on any atom is -0.493 e. The quantitative estimate of drug-likeness (QED) is 0.795. The molecule has 0 atom stereocenters. The number of unbranched alkanes of at least 4 members (excludes halogenated alkanes) is 1. The van der Waals surface area contributed by atoms with Crippen LogP contribution in [0.5, 0.6) is 11.5 Å². The Labute approximate surface area is 143 Å². The highest BCUT2D eigenvalue weighted by Gasteiger charge is 2.09. The van der Waals surface area contributed by atoms with Gasteiger partial charge in [0, 0.05) is 37.1 Å². The van der Waals surface area contributed by atoms with Crippen molar-refractivity contribution in [3.05, 3.63) is 30.0 Å². The van der Waals surface area contributed by atoms with E-state index in [1.165, 1.54) is 0 Å². The van der Waals surface area contributed by atoms with Crippen molar-refractivity contribution in [1.82, 2.24) is 9.97 Å². The highest BCUT2D eigenvalue weighted by atomic mass is 16.5. The van der Waals surface area contributed by atoms with E-state index in [4.69, 9.17) is 9.47 Å². The molecule has 0 aliphatic carbocycles. The Balaban J connectivity index is 2.22. The van der Waals surface area contributed by atoms with E-state index in [1.54, 1.807) is 14.2 Å². The van der Waals surface area contributed by atoms with Gasteiger partial charge in [0.15, 0.2) is 11.5 Å². The van der Waals surface area contributed by atoms with Gasteiger partial charge < -0.3 is 19.7 Å². The van der Waals surface area contributed by atoms with Crippen LogP contribution in [-0.2, 0) is 0 Å². The van der Waals surface area contributed by atoms with Crippen LogP contribution in [0.4, 0.5) is 17.5 Å². The second-order valence-electron chi connectivity index (χ2n) is 5.66. The van der Waals surface area contributed by atoms with E-state index in [0.717, 1.165) is 42.5 Å². The topological polar surface area (TPSA) is 59.5 Å². The molecular formula is C18H26N4O2. The van der Waals surface area contributed by atoms with Gasteiger partial charge in [-0.2, -0.15) is 4.98 Å². The predicted molar refractivity (Wildman–Crippen MR) is 97.8 cm³/mol. The van der Waals surface area contributed by atoms with Crippen LogP contribution in [-0.4, -0.2) is 37.8 Å². The fourth-order valence-corrected chi connectivity index (χ4v) is 2.34. The molecule has 0 bridgehead atoms. The monoisotopic (exact) mass is 330 g/mol. The molecule has 0 spiro atoms. The normalized spacial score (nSPS) is 10.4. The summed E-state index contributed by atoms with van der Waals surface area (Å²) in [7, 11) is 5.26. The van der Waals surface area contributed by atoms with Gasteiger partial charge in [0.2, 0.25) is 5.95 Å². The number of nitrogens with zero attached hydrogens (tertiary/aromatic N) is 3. The number of nitrogens with one attached hydrogen (secondary N) is 1. The molecule has 0 saturated heterocycles. The van der Waals surface area contributed by atoms with E-state index in [-0.39, 0.29) is 0 Å². The second kappa shape index (κ2) is 8.38. The number of benzene rings is 1. The number of rotatable bonds is 8. The van der Waals surface area contributed by atoms with Crippen molar-refractivity contribution < 1.29 is 9.47 Å². The van der Waals surface area contributed by atoms with Crippen LogP contribution in [0.1, 0.15) is 25.5 Å². The molecular weight excluding hydrogens is 304 g/mol. The molecule has 1 N–H and O–H groups in total. The van der Waals surface area contributed by atoms with Crippen LogP contribution in [0.25, 0.3) is 0 Å². The smallest absolute Gasteiger partial charge is 0.227 e. The van der Waals surface area contributed by atoms with Gasteiger partial charge in [-0.3, -0.25) is 0 Å². The van der Waals surface area contributed by atoms with Gasteiger partial charge >= 0.3 is 0 Å². The van der Waals surface area contributed by atoms with Crippen molar-refractivity contribution in [1.29, 1.82) is 0 Å². The first-order chi connectivity index (χ1) is 11.6. The average Bonchev–Trinajstić information content (AvgIpc) is 2.58.